The number of nitrogens with one attached hydrogen (secondary N) is 3. The van der Waals surface area contributed by atoms with E-state index in [2.05, 4.69) is 25.6 Å². The predicted molar refractivity (Wildman–Crippen MR) is 137 cm³/mol. The number of benzene rings is 1. The minimum Gasteiger partial charge on any atom is -0.381 e. The molecule has 3 aromatic rings. The molecule has 3 N–H and O–H groups in total. The number of ether oxygens (including phenoxy) is 1. The lowest BCUT2D eigenvalue weighted by atomic mass is 9.90. The van der Waals surface area contributed by atoms with Crippen LogP contribution in [0.4, 0.5) is 0 Å². The molecule has 0 saturated carbocycles. The first kappa shape index (κ1) is 24.4. The number of amides is 2. The van der Waals surface area contributed by atoms with Crippen LogP contribution in [0.15, 0.2) is 42.7 Å². The summed E-state index contributed by atoms with van der Waals surface area (Å²) in [6, 6.07) is 11.0. The average Bonchev–Trinajstić information content (AvgIpc) is 3.59. The van der Waals surface area contributed by atoms with Crippen molar-refractivity contribution < 1.29 is 14.3 Å². The molecule has 0 aliphatic carbocycles. The number of carbonyl (C=O) groups is 2. The fraction of sp³-hybridized carbons (Fsp3) is 0.481. The molecule has 2 amide bonds. The van der Waals surface area contributed by atoms with E-state index in [4.69, 9.17) is 4.74 Å². The zero-order chi connectivity index (χ0) is 25.1. The highest BCUT2D eigenvalue weighted by molar-refractivity contribution is 5.91. The van der Waals surface area contributed by atoms with E-state index in [-0.39, 0.29) is 29.8 Å². The Morgan fingerprint density at radius 2 is 1.92 bits per heavy atom. The van der Waals surface area contributed by atoms with Crippen LogP contribution in [0.3, 0.4) is 0 Å². The van der Waals surface area contributed by atoms with Gasteiger partial charge < -0.3 is 25.3 Å². The zero-order valence-electron chi connectivity index (χ0n) is 20.9. The summed E-state index contributed by atoms with van der Waals surface area (Å²) in [7, 11) is 1.74. The molecule has 2 aliphatic rings. The average molecular weight is 491 g/mol. The molecule has 0 radical (unpaired) electrons. The summed E-state index contributed by atoms with van der Waals surface area (Å²) in [4.78, 5) is 41.3. The number of likely N-dealkylation sites (tertiary alicyclic amines) is 1. The van der Waals surface area contributed by atoms with Gasteiger partial charge in [0.2, 0.25) is 11.8 Å². The fourth-order valence-electron chi connectivity index (χ4n) is 5.33. The normalized spacial score (nSPS) is 20.4. The van der Waals surface area contributed by atoms with Gasteiger partial charge in [-0.05, 0) is 51.6 Å². The van der Waals surface area contributed by atoms with Gasteiger partial charge in [-0.2, -0.15) is 0 Å². The van der Waals surface area contributed by atoms with Crippen LogP contribution in [-0.2, 0) is 14.3 Å². The van der Waals surface area contributed by atoms with E-state index in [1.165, 1.54) is 0 Å². The van der Waals surface area contributed by atoms with Crippen molar-refractivity contribution in [3.05, 3.63) is 48.4 Å². The van der Waals surface area contributed by atoms with Gasteiger partial charge in [0.15, 0.2) is 0 Å². The van der Waals surface area contributed by atoms with Gasteiger partial charge in [-0.3, -0.25) is 9.59 Å². The smallest absolute Gasteiger partial charge is 0.246 e. The molecule has 5 rings (SSSR count). The van der Waals surface area contributed by atoms with E-state index in [1.807, 2.05) is 41.3 Å². The molecule has 2 fully saturated rings. The number of aromatic amines is 1. The molecular formula is C27H34N6O3. The molecule has 1 aromatic carbocycles. The van der Waals surface area contributed by atoms with E-state index in [1.54, 1.807) is 20.3 Å². The molecule has 2 aromatic heterocycles. The van der Waals surface area contributed by atoms with Crippen LogP contribution in [0.5, 0.6) is 0 Å². The molecule has 9 heteroatoms. The molecule has 36 heavy (non-hydrogen) atoms. The van der Waals surface area contributed by atoms with Crippen molar-refractivity contribution in [1.82, 2.24) is 30.5 Å². The van der Waals surface area contributed by atoms with E-state index in [0.717, 1.165) is 53.7 Å². The van der Waals surface area contributed by atoms with Crippen molar-refractivity contribution in [2.45, 2.75) is 50.7 Å². The van der Waals surface area contributed by atoms with Crippen molar-refractivity contribution in [1.29, 1.82) is 0 Å². The minimum atomic E-state index is -0.568. The molecule has 4 heterocycles. The van der Waals surface area contributed by atoms with Gasteiger partial charge in [-0.1, -0.05) is 30.3 Å². The van der Waals surface area contributed by atoms with Gasteiger partial charge in [0.05, 0.1) is 28.8 Å². The van der Waals surface area contributed by atoms with E-state index in [0.29, 0.717) is 19.8 Å². The van der Waals surface area contributed by atoms with Crippen LogP contribution in [0.1, 0.15) is 44.3 Å². The highest BCUT2D eigenvalue weighted by Gasteiger charge is 2.39. The highest BCUT2D eigenvalue weighted by atomic mass is 16.5. The maximum Gasteiger partial charge on any atom is 0.246 e. The molecule has 9 nitrogen and oxygen atoms in total. The Hall–Kier alpha value is -3.30. The summed E-state index contributed by atoms with van der Waals surface area (Å²) >= 11 is 0. The van der Waals surface area contributed by atoms with Crippen molar-refractivity contribution in [3.8, 4) is 11.3 Å². The molecule has 0 spiro atoms. The Labute approximate surface area is 211 Å². The Morgan fingerprint density at radius 3 is 2.67 bits per heavy atom. The van der Waals surface area contributed by atoms with Crippen LogP contribution in [0.25, 0.3) is 22.3 Å². The first-order valence-corrected chi connectivity index (χ1v) is 12.8. The maximum absolute atomic E-state index is 14.0. The number of H-pyrrole nitrogens is 1. The van der Waals surface area contributed by atoms with Crippen molar-refractivity contribution in [2.24, 2.45) is 5.92 Å². The summed E-state index contributed by atoms with van der Waals surface area (Å²) < 4.78 is 5.53. The largest absolute Gasteiger partial charge is 0.381 e. The fourth-order valence-corrected chi connectivity index (χ4v) is 5.33. The molecule has 190 valence electrons. The van der Waals surface area contributed by atoms with Gasteiger partial charge in [0, 0.05) is 31.0 Å². The second-order valence-corrected chi connectivity index (χ2v) is 9.71. The zero-order valence-corrected chi connectivity index (χ0v) is 20.9. The van der Waals surface area contributed by atoms with Gasteiger partial charge in [-0.25, -0.2) is 9.97 Å². The molecular weight excluding hydrogens is 456 g/mol. The van der Waals surface area contributed by atoms with Crippen molar-refractivity contribution in [3.63, 3.8) is 0 Å². The molecule has 3 atom stereocenters. The summed E-state index contributed by atoms with van der Waals surface area (Å²) in [5.41, 5.74) is 4.51. The Bertz CT molecular complexity index is 1210. The number of carbonyl (C=O) groups excluding carboxylic acids is 2. The number of hydrogen-bond acceptors (Lipinski definition) is 6. The first-order chi connectivity index (χ1) is 17.6. The van der Waals surface area contributed by atoms with Gasteiger partial charge in [-0.15, -0.1) is 0 Å². The molecule has 0 bridgehead atoms. The lowest BCUT2D eigenvalue weighted by molar-refractivity contribution is -0.140. The van der Waals surface area contributed by atoms with Crippen LogP contribution < -0.4 is 10.6 Å². The number of likely N-dealkylation sites (N-methyl/N-ethyl adjacent to an activating group) is 1. The third-order valence-electron chi connectivity index (χ3n) is 7.51. The summed E-state index contributed by atoms with van der Waals surface area (Å²) in [6.45, 7) is 3.68. The van der Waals surface area contributed by atoms with Crippen molar-refractivity contribution in [2.75, 3.05) is 26.8 Å². The lowest BCUT2D eigenvalue weighted by Crippen LogP contribution is -2.56. The number of rotatable bonds is 7. The third-order valence-corrected chi connectivity index (χ3v) is 7.51. The molecule has 2 saturated heterocycles. The van der Waals surface area contributed by atoms with Gasteiger partial charge in [0.1, 0.15) is 12.4 Å². The van der Waals surface area contributed by atoms with Crippen molar-refractivity contribution >= 4 is 22.8 Å². The van der Waals surface area contributed by atoms with Crippen LogP contribution in [0.2, 0.25) is 0 Å². The highest BCUT2D eigenvalue weighted by Crippen LogP contribution is 2.36. The second-order valence-electron chi connectivity index (χ2n) is 9.71. The Morgan fingerprint density at radius 1 is 1.14 bits per heavy atom. The number of aromatic nitrogens is 3. The maximum atomic E-state index is 14.0. The van der Waals surface area contributed by atoms with E-state index >= 15 is 0 Å². The van der Waals surface area contributed by atoms with Crippen LogP contribution >= 0.6 is 0 Å². The lowest BCUT2D eigenvalue weighted by Gasteiger charge is -2.35. The topological polar surface area (TPSA) is 112 Å². The standard InChI is InChI=1S/C27H34N6O3/c1-17(28-2)26(34)32-24(19-10-13-36-14-11-19)27(35)33-12-6-9-22(33)20-15-21-25(31-20)23(30-16-29-21)18-7-4-3-5-8-18/h3-5,7-8,15-17,19,22,24,28,31H,6,9-14H2,1-2H3,(H,32,34). The SMILES string of the molecule is CNC(C)C(=O)NC(C(=O)N1CCCC1c1cc2ncnc(-c3ccccc3)c2[nH]1)C1CCOCC1. The molecule has 3 unspecified atom stereocenters. The Balaban J connectivity index is 1.44. The monoisotopic (exact) mass is 490 g/mol. The van der Waals surface area contributed by atoms with Gasteiger partial charge >= 0.3 is 0 Å². The Kier molecular flexibility index (Phi) is 7.29. The predicted octanol–water partition coefficient (Wildman–Crippen LogP) is 2.81. The quantitative estimate of drug-likeness (QED) is 0.470. The minimum absolute atomic E-state index is 0.0194. The van der Waals surface area contributed by atoms with Crippen LogP contribution in [0, 0.1) is 5.92 Å². The summed E-state index contributed by atoms with van der Waals surface area (Å²) in [5, 5.41) is 6.03. The number of fused-ring (bicyclic) bond motifs is 1. The molecule has 2 aliphatic heterocycles. The number of hydrogen-bond donors (Lipinski definition) is 3. The first-order valence-electron chi connectivity index (χ1n) is 12.8. The third kappa shape index (κ3) is 4.85. The summed E-state index contributed by atoms with van der Waals surface area (Å²) in [6.07, 6.45) is 4.86. The summed E-state index contributed by atoms with van der Waals surface area (Å²) in [5.74, 6) is -0.126. The van der Waals surface area contributed by atoms with E-state index < -0.39 is 6.04 Å². The second kappa shape index (κ2) is 10.8. The van der Waals surface area contributed by atoms with Gasteiger partial charge in [0.25, 0.3) is 0 Å². The van der Waals surface area contributed by atoms with E-state index in [9.17, 15) is 9.59 Å². The number of nitrogens with zero attached hydrogens (tertiary/aromatic N) is 3. The van der Waals surface area contributed by atoms with Crippen LogP contribution in [-0.4, -0.2) is 70.6 Å².